The third-order valence-corrected chi connectivity index (χ3v) is 4.84. The van der Waals surface area contributed by atoms with Crippen molar-refractivity contribution in [2.75, 3.05) is 10.6 Å². The molecule has 154 valence electrons. The van der Waals surface area contributed by atoms with Crippen LogP contribution in [-0.2, 0) is 0 Å². The minimum Gasteiger partial charge on any atom is -0.355 e. The monoisotopic (exact) mass is 435 g/mol. The van der Waals surface area contributed by atoms with Crippen molar-refractivity contribution in [3.63, 3.8) is 0 Å². The van der Waals surface area contributed by atoms with Gasteiger partial charge in [0.25, 0.3) is 17.2 Å². The van der Waals surface area contributed by atoms with E-state index >= 15 is 0 Å². The second kappa shape index (κ2) is 8.25. The fraction of sp³-hybridized carbons (Fsp3) is 0. The Morgan fingerprint density at radius 1 is 1.03 bits per heavy atom. The molecule has 3 aromatic carbocycles. The fourth-order valence-corrected chi connectivity index (χ4v) is 3.28. The highest BCUT2D eigenvalue weighted by Crippen LogP contribution is 2.29. The highest BCUT2D eigenvalue weighted by atomic mass is 35.5. The number of carbonyl (C=O) groups is 1. The van der Waals surface area contributed by atoms with Crippen LogP contribution in [0.25, 0.3) is 10.9 Å². The van der Waals surface area contributed by atoms with E-state index in [1.807, 2.05) is 0 Å². The van der Waals surface area contributed by atoms with Crippen molar-refractivity contribution in [3.05, 3.63) is 98.0 Å². The number of hydrogen-bond acceptors (Lipinski definition) is 6. The molecule has 0 saturated carbocycles. The summed E-state index contributed by atoms with van der Waals surface area (Å²) in [7, 11) is 0. The summed E-state index contributed by atoms with van der Waals surface area (Å²) in [6, 6.07) is 16.2. The van der Waals surface area contributed by atoms with E-state index in [0.717, 1.165) is 6.33 Å². The minimum atomic E-state index is -0.588. The largest absolute Gasteiger partial charge is 0.355 e. The first kappa shape index (κ1) is 20.0. The van der Waals surface area contributed by atoms with E-state index in [-0.39, 0.29) is 22.5 Å². The molecule has 4 aromatic rings. The molecule has 0 saturated heterocycles. The van der Waals surface area contributed by atoms with Crippen molar-refractivity contribution in [2.24, 2.45) is 0 Å². The highest BCUT2D eigenvalue weighted by Gasteiger charge is 2.18. The van der Waals surface area contributed by atoms with Gasteiger partial charge in [-0.05, 0) is 42.5 Å². The topological polar surface area (TPSA) is 130 Å². The predicted molar refractivity (Wildman–Crippen MR) is 118 cm³/mol. The number of nitro groups is 1. The molecule has 1 heterocycles. The number of fused-ring (bicyclic) bond motifs is 1. The molecule has 31 heavy (non-hydrogen) atoms. The van der Waals surface area contributed by atoms with Crippen molar-refractivity contribution in [3.8, 4) is 0 Å². The fourth-order valence-electron chi connectivity index (χ4n) is 3.06. The van der Waals surface area contributed by atoms with Crippen LogP contribution >= 0.6 is 11.6 Å². The predicted octanol–water partition coefficient (Wildman–Crippen LogP) is 4.48. The average molecular weight is 436 g/mol. The normalized spacial score (nSPS) is 10.6. The van der Waals surface area contributed by atoms with E-state index < -0.39 is 10.5 Å². The lowest BCUT2D eigenvalue weighted by Crippen LogP contribution is -2.12. The van der Waals surface area contributed by atoms with Gasteiger partial charge in [-0.2, -0.15) is 0 Å². The van der Waals surface area contributed by atoms with Gasteiger partial charge in [0.15, 0.2) is 5.52 Å². The summed E-state index contributed by atoms with van der Waals surface area (Å²) >= 11 is 6.05. The molecule has 0 unspecified atom stereocenters. The summed E-state index contributed by atoms with van der Waals surface area (Å²) in [4.78, 5) is 41.7. The number of rotatable bonds is 5. The molecule has 0 aliphatic heterocycles. The number of amides is 1. The Kier molecular flexibility index (Phi) is 5.33. The van der Waals surface area contributed by atoms with Gasteiger partial charge < -0.3 is 15.6 Å². The van der Waals surface area contributed by atoms with Gasteiger partial charge >= 0.3 is 0 Å². The van der Waals surface area contributed by atoms with Crippen molar-refractivity contribution < 1.29 is 9.72 Å². The number of hydrogen-bond donors (Lipinski definition) is 3. The van der Waals surface area contributed by atoms with Crippen LogP contribution in [0.1, 0.15) is 10.4 Å². The Bertz CT molecular complexity index is 1370. The standard InChI is InChI=1S/C21H14ClN5O4/c22-15-4-2-1-3-14(15)20(28)26-13-7-5-12(6-8-13)25-16-9-10-17(27(30)31)19-18(16)21(29)24-11-23-19/h1-11,25H,(H,26,28)(H,23,24,29). The second-order valence-electron chi connectivity index (χ2n) is 6.48. The number of nitro benzene ring substituents is 1. The van der Waals surface area contributed by atoms with E-state index in [1.165, 1.54) is 12.1 Å². The van der Waals surface area contributed by atoms with Crippen LogP contribution in [0.15, 0.2) is 71.8 Å². The van der Waals surface area contributed by atoms with Gasteiger partial charge in [0.05, 0.1) is 32.9 Å². The Balaban J connectivity index is 1.59. The number of aromatic nitrogens is 2. The maximum Gasteiger partial charge on any atom is 0.295 e. The van der Waals surface area contributed by atoms with Crippen LogP contribution in [0.5, 0.6) is 0 Å². The number of carbonyl (C=O) groups excluding carboxylic acids is 1. The summed E-state index contributed by atoms with van der Waals surface area (Å²) in [6.45, 7) is 0. The molecule has 0 fully saturated rings. The molecule has 0 spiro atoms. The zero-order valence-corrected chi connectivity index (χ0v) is 16.5. The molecule has 0 aliphatic carbocycles. The van der Waals surface area contributed by atoms with Crippen LogP contribution in [0, 0.1) is 10.1 Å². The quantitative estimate of drug-likeness (QED) is 0.313. The second-order valence-corrected chi connectivity index (χ2v) is 6.89. The van der Waals surface area contributed by atoms with Crippen LogP contribution in [-0.4, -0.2) is 20.8 Å². The van der Waals surface area contributed by atoms with Crippen molar-refractivity contribution in [2.45, 2.75) is 0 Å². The number of halogens is 1. The lowest BCUT2D eigenvalue weighted by atomic mass is 10.1. The molecule has 0 radical (unpaired) electrons. The molecule has 10 heteroatoms. The minimum absolute atomic E-state index is 0.0117. The molecular formula is C21H14ClN5O4. The van der Waals surface area contributed by atoms with E-state index in [9.17, 15) is 19.7 Å². The number of nitrogens with zero attached hydrogens (tertiary/aromatic N) is 2. The Hall–Kier alpha value is -4.24. The molecule has 3 N–H and O–H groups in total. The highest BCUT2D eigenvalue weighted by molar-refractivity contribution is 6.34. The number of aromatic amines is 1. The van der Waals surface area contributed by atoms with Crippen LogP contribution in [0.4, 0.5) is 22.7 Å². The van der Waals surface area contributed by atoms with Gasteiger partial charge in [-0.1, -0.05) is 23.7 Å². The lowest BCUT2D eigenvalue weighted by Gasteiger charge is -2.11. The summed E-state index contributed by atoms with van der Waals surface area (Å²) in [5.41, 5.74) is 1.10. The molecular weight excluding hydrogens is 422 g/mol. The smallest absolute Gasteiger partial charge is 0.295 e. The molecule has 9 nitrogen and oxygen atoms in total. The Morgan fingerprint density at radius 2 is 1.74 bits per heavy atom. The third-order valence-electron chi connectivity index (χ3n) is 4.51. The first-order chi connectivity index (χ1) is 14.9. The summed E-state index contributed by atoms with van der Waals surface area (Å²) < 4.78 is 0. The zero-order chi connectivity index (χ0) is 22.0. The lowest BCUT2D eigenvalue weighted by molar-refractivity contribution is -0.383. The molecule has 0 aliphatic rings. The van der Waals surface area contributed by atoms with Crippen LogP contribution in [0.2, 0.25) is 5.02 Å². The number of benzene rings is 3. The van der Waals surface area contributed by atoms with Gasteiger partial charge in [-0.15, -0.1) is 0 Å². The van der Waals surface area contributed by atoms with Gasteiger partial charge in [0, 0.05) is 17.4 Å². The first-order valence-electron chi connectivity index (χ1n) is 9.02. The Morgan fingerprint density at radius 3 is 2.45 bits per heavy atom. The SMILES string of the molecule is O=C(Nc1ccc(Nc2ccc([N+](=O)[O-])c3nc[nH]c(=O)c23)cc1)c1ccccc1Cl. The molecule has 1 amide bonds. The number of nitrogens with one attached hydrogen (secondary N) is 3. The van der Waals surface area contributed by atoms with E-state index in [2.05, 4.69) is 20.6 Å². The van der Waals surface area contributed by atoms with Crippen molar-refractivity contribution in [1.82, 2.24) is 9.97 Å². The average Bonchev–Trinajstić information content (AvgIpc) is 2.75. The summed E-state index contributed by atoms with van der Waals surface area (Å²) in [6.07, 6.45) is 1.12. The zero-order valence-electron chi connectivity index (χ0n) is 15.8. The molecule has 1 aromatic heterocycles. The number of non-ortho nitro benzene ring substituents is 1. The summed E-state index contributed by atoms with van der Waals surface area (Å²) in [5, 5.41) is 17.5. The van der Waals surface area contributed by atoms with E-state index in [0.29, 0.717) is 27.6 Å². The van der Waals surface area contributed by atoms with Crippen LogP contribution < -0.4 is 16.2 Å². The Labute approximate surface area is 179 Å². The van der Waals surface area contributed by atoms with Gasteiger partial charge in [-0.25, -0.2) is 4.98 Å². The van der Waals surface area contributed by atoms with Crippen LogP contribution in [0.3, 0.4) is 0 Å². The first-order valence-corrected chi connectivity index (χ1v) is 9.39. The van der Waals surface area contributed by atoms with Gasteiger partial charge in [0.2, 0.25) is 0 Å². The van der Waals surface area contributed by atoms with Gasteiger partial charge in [0.1, 0.15) is 0 Å². The maximum atomic E-state index is 12.4. The molecule has 0 atom stereocenters. The summed E-state index contributed by atoms with van der Waals surface area (Å²) in [5.74, 6) is -0.342. The van der Waals surface area contributed by atoms with E-state index in [1.54, 1.807) is 48.5 Å². The molecule has 0 bridgehead atoms. The molecule has 4 rings (SSSR count). The van der Waals surface area contributed by atoms with Gasteiger partial charge in [-0.3, -0.25) is 19.7 Å². The number of H-pyrrole nitrogens is 1. The maximum absolute atomic E-state index is 12.4. The van der Waals surface area contributed by atoms with E-state index in [4.69, 9.17) is 11.6 Å². The van der Waals surface area contributed by atoms with Crippen molar-refractivity contribution >= 4 is 51.2 Å². The third kappa shape index (κ3) is 4.07. The number of anilines is 3. The van der Waals surface area contributed by atoms with Crippen molar-refractivity contribution in [1.29, 1.82) is 0 Å².